The van der Waals surface area contributed by atoms with E-state index in [1.54, 1.807) is 48.0 Å². The number of thioether (sulfide) groups is 1. The lowest BCUT2D eigenvalue weighted by Crippen LogP contribution is -2.36. The van der Waals surface area contributed by atoms with Crippen LogP contribution in [0.1, 0.15) is 0 Å². The molecule has 0 aliphatic carbocycles. The highest BCUT2D eigenvalue weighted by Crippen LogP contribution is 2.27. The molecule has 4 rings (SSSR count). The van der Waals surface area contributed by atoms with Gasteiger partial charge in [-0.3, -0.25) is 4.40 Å². The molecule has 0 spiro atoms. The zero-order chi connectivity index (χ0) is 22.0. The summed E-state index contributed by atoms with van der Waals surface area (Å²) in [5.41, 5.74) is 3.15. The zero-order valence-corrected chi connectivity index (χ0v) is 16.8. The number of hydrogen-bond donors (Lipinski definition) is 2. The molecular weight excluding hydrogens is 433 g/mol. The van der Waals surface area contributed by atoms with Crippen molar-refractivity contribution < 1.29 is 22.4 Å². The van der Waals surface area contributed by atoms with Gasteiger partial charge >= 0.3 is 12.2 Å². The summed E-state index contributed by atoms with van der Waals surface area (Å²) in [7, 11) is 0. The quantitative estimate of drug-likeness (QED) is 0.438. The fourth-order valence-electron chi connectivity index (χ4n) is 2.85. The molecule has 12 heteroatoms. The number of halogens is 3. The van der Waals surface area contributed by atoms with Gasteiger partial charge in [0.25, 0.3) is 5.22 Å². The number of urea groups is 1. The van der Waals surface area contributed by atoms with Gasteiger partial charge in [0.1, 0.15) is 12.2 Å². The average Bonchev–Trinajstić information content (AvgIpc) is 3.38. The minimum atomic E-state index is -4.48. The van der Waals surface area contributed by atoms with Gasteiger partial charge in [-0.15, -0.1) is 10.2 Å². The van der Waals surface area contributed by atoms with Crippen molar-refractivity contribution in [1.82, 2.24) is 24.9 Å². The number of carbonyl (C=O) groups is 1. The van der Waals surface area contributed by atoms with E-state index >= 15 is 0 Å². The van der Waals surface area contributed by atoms with Crippen molar-refractivity contribution in [3.05, 3.63) is 48.8 Å². The van der Waals surface area contributed by atoms with E-state index in [0.717, 1.165) is 11.3 Å². The Bertz CT molecular complexity index is 1240. The molecule has 0 radical (unpaired) electrons. The van der Waals surface area contributed by atoms with E-state index in [1.165, 1.54) is 11.8 Å². The number of nitrogens with one attached hydrogen (secondary N) is 2. The number of rotatable bonds is 5. The number of imidazole rings is 1. The number of anilines is 1. The molecule has 3 heterocycles. The lowest BCUT2D eigenvalue weighted by molar-refractivity contribution is -0.122. The highest BCUT2D eigenvalue weighted by molar-refractivity contribution is 7.98. The van der Waals surface area contributed by atoms with Gasteiger partial charge in [-0.2, -0.15) is 13.2 Å². The third-order valence-electron chi connectivity index (χ3n) is 4.21. The van der Waals surface area contributed by atoms with Crippen LogP contribution in [-0.2, 0) is 0 Å². The van der Waals surface area contributed by atoms with Gasteiger partial charge in [0.05, 0.1) is 11.9 Å². The number of alkyl halides is 3. The lowest BCUT2D eigenvalue weighted by atomic mass is 10.1. The second kappa shape index (κ2) is 8.30. The third-order valence-corrected chi connectivity index (χ3v) is 4.72. The van der Waals surface area contributed by atoms with Crippen LogP contribution in [0.25, 0.3) is 28.4 Å². The van der Waals surface area contributed by atoms with Crippen LogP contribution in [0.2, 0.25) is 0 Å². The third kappa shape index (κ3) is 4.79. The summed E-state index contributed by atoms with van der Waals surface area (Å²) >= 11 is 1.35. The maximum absolute atomic E-state index is 12.2. The van der Waals surface area contributed by atoms with E-state index in [2.05, 4.69) is 20.5 Å². The Morgan fingerprint density at radius 3 is 2.77 bits per heavy atom. The Balaban J connectivity index is 1.56. The molecule has 0 aliphatic heterocycles. The Morgan fingerprint density at radius 2 is 2.03 bits per heavy atom. The fourth-order valence-corrected chi connectivity index (χ4v) is 3.13. The minimum absolute atomic E-state index is 0.346. The molecule has 8 nitrogen and oxygen atoms in total. The van der Waals surface area contributed by atoms with E-state index in [-0.39, 0.29) is 0 Å². The summed E-state index contributed by atoms with van der Waals surface area (Å²) in [6, 6.07) is 9.38. The highest BCUT2D eigenvalue weighted by atomic mass is 32.2. The average molecular weight is 448 g/mol. The summed E-state index contributed by atoms with van der Waals surface area (Å²) in [5.74, 6) is 0.382. The SMILES string of the molecule is CSc1nnc(-c2ccn3c(-c4cccc(NC(=O)NCC(F)(F)F)c4)cnc3c2)o1. The number of fused-ring (bicyclic) bond motifs is 1. The van der Waals surface area contributed by atoms with E-state index in [4.69, 9.17) is 4.42 Å². The molecule has 0 atom stereocenters. The van der Waals surface area contributed by atoms with E-state index in [1.807, 2.05) is 16.7 Å². The molecule has 0 aliphatic rings. The van der Waals surface area contributed by atoms with Crippen molar-refractivity contribution in [3.63, 3.8) is 0 Å². The summed E-state index contributed by atoms with van der Waals surface area (Å²) in [5, 5.41) is 12.6. The van der Waals surface area contributed by atoms with Crippen LogP contribution in [-0.4, -0.2) is 44.6 Å². The summed E-state index contributed by atoms with van der Waals surface area (Å²) in [4.78, 5) is 16.1. The molecule has 0 unspecified atom stereocenters. The number of benzene rings is 1. The maximum Gasteiger partial charge on any atom is 0.405 e. The first kappa shape index (κ1) is 20.7. The number of carbonyl (C=O) groups excluding carboxylic acids is 1. The molecular formula is C19H15F3N6O2S. The van der Waals surface area contributed by atoms with Crippen molar-refractivity contribution in [2.75, 3.05) is 18.1 Å². The van der Waals surface area contributed by atoms with Crippen LogP contribution < -0.4 is 10.6 Å². The summed E-state index contributed by atoms with van der Waals surface area (Å²) in [6.45, 7) is -1.41. The Hall–Kier alpha value is -3.54. The van der Waals surface area contributed by atoms with Crippen LogP contribution in [0.15, 0.2) is 58.4 Å². The summed E-state index contributed by atoms with van der Waals surface area (Å²) in [6.07, 6.45) is 0.812. The largest absolute Gasteiger partial charge is 0.411 e. The maximum atomic E-state index is 12.2. The fraction of sp³-hybridized carbons (Fsp3) is 0.158. The number of aromatic nitrogens is 4. The van der Waals surface area contributed by atoms with Crippen molar-refractivity contribution in [1.29, 1.82) is 0 Å². The van der Waals surface area contributed by atoms with Crippen LogP contribution in [0, 0.1) is 0 Å². The summed E-state index contributed by atoms with van der Waals surface area (Å²) < 4.78 is 44.1. The van der Waals surface area contributed by atoms with Crippen molar-refractivity contribution in [2.45, 2.75) is 11.4 Å². The van der Waals surface area contributed by atoms with Gasteiger partial charge in [-0.25, -0.2) is 9.78 Å². The molecule has 2 N–H and O–H groups in total. The highest BCUT2D eigenvalue weighted by Gasteiger charge is 2.27. The molecule has 1 aromatic carbocycles. The van der Waals surface area contributed by atoms with Gasteiger partial charge in [0.15, 0.2) is 0 Å². The molecule has 0 saturated carbocycles. The van der Waals surface area contributed by atoms with Crippen molar-refractivity contribution in [2.24, 2.45) is 0 Å². The first-order valence-corrected chi connectivity index (χ1v) is 10.1. The standard InChI is InChI=1S/C19H15F3N6O2S/c1-31-18-27-26-16(30-18)12-5-6-28-14(9-23-15(28)8-12)11-3-2-4-13(7-11)25-17(29)24-10-19(20,21)22/h2-9H,10H2,1H3,(H2,24,25,29). The second-order valence-electron chi connectivity index (χ2n) is 6.37. The van der Waals surface area contributed by atoms with Crippen LogP contribution in [0.4, 0.5) is 23.7 Å². The van der Waals surface area contributed by atoms with Gasteiger partial charge < -0.3 is 15.1 Å². The zero-order valence-electron chi connectivity index (χ0n) is 16.0. The van der Waals surface area contributed by atoms with Crippen molar-refractivity contribution >= 4 is 29.1 Å². The van der Waals surface area contributed by atoms with E-state index < -0.39 is 18.8 Å². The second-order valence-corrected chi connectivity index (χ2v) is 7.13. The Kier molecular flexibility index (Phi) is 5.55. The van der Waals surface area contributed by atoms with Gasteiger partial charge in [-0.1, -0.05) is 23.9 Å². The molecule has 0 bridgehead atoms. The minimum Gasteiger partial charge on any atom is -0.411 e. The monoisotopic (exact) mass is 448 g/mol. The predicted octanol–water partition coefficient (Wildman–Crippen LogP) is 4.46. The molecule has 0 saturated heterocycles. The Labute approximate surface area is 177 Å². The first-order chi connectivity index (χ1) is 14.8. The first-order valence-electron chi connectivity index (χ1n) is 8.89. The number of amides is 2. The molecule has 0 fully saturated rings. The smallest absolute Gasteiger partial charge is 0.405 e. The predicted molar refractivity (Wildman–Crippen MR) is 109 cm³/mol. The molecule has 2 amide bonds. The van der Waals surface area contributed by atoms with E-state index in [9.17, 15) is 18.0 Å². The number of hydrogen-bond acceptors (Lipinski definition) is 6. The van der Waals surface area contributed by atoms with Gasteiger partial charge in [0.2, 0.25) is 5.89 Å². The van der Waals surface area contributed by atoms with Crippen LogP contribution >= 0.6 is 11.8 Å². The lowest BCUT2D eigenvalue weighted by Gasteiger charge is -2.10. The van der Waals surface area contributed by atoms with Crippen LogP contribution in [0.3, 0.4) is 0 Å². The molecule has 31 heavy (non-hydrogen) atoms. The van der Waals surface area contributed by atoms with E-state index in [0.29, 0.717) is 28.0 Å². The van der Waals surface area contributed by atoms with Gasteiger partial charge in [0, 0.05) is 23.0 Å². The van der Waals surface area contributed by atoms with Gasteiger partial charge in [-0.05, 0) is 30.5 Å². The number of pyridine rings is 1. The topological polar surface area (TPSA) is 97.3 Å². The molecule has 160 valence electrons. The molecule has 3 aromatic heterocycles. The normalized spacial score (nSPS) is 11.6. The Morgan fingerprint density at radius 1 is 1.19 bits per heavy atom. The number of nitrogens with zero attached hydrogens (tertiary/aromatic N) is 4. The van der Waals surface area contributed by atoms with Crippen LogP contribution in [0.5, 0.6) is 0 Å². The molecule has 4 aromatic rings. The van der Waals surface area contributed by atoms with Crippen molar-refractivity contribution in [3.8, 4) is 22.7 Å².